The first-order chi connectivity index (χ1) is 19.6. The first-order valence-electron chi connectivity index (χ1n) is 13.3. The van der Waals surface area contributed by atoms with E-state index in [-0.39, 0.29) is 29.3 Å². The van der Waals surface area contributed by atoms with Gasteiger partial charge in [-0.2, -0.15) is 4.98 Å². The Morgan fingerprint density at radius 1 is 1.00 bits per heavy atom. The van der Waals surface area contributed by atoms with Gasteiger partial charge in [0.05, 0.1) is 17.0 Å². The number of hydrogen-bond donors (Lipinski definition) is 2. The molecule has 0 aliphatic rings. The molecule has 0 saturated carbocycles. The fourth-order valence-corrected chi connectivity index (χ4v) is 6.03. The lowest BCUT2D eigenvalue weighted by atomic mass is 9.99. The number of ether oxygens (including phenoxy) is 1. The van der Waals surface area contributed by atoms with E-state index in [4.69, 9.17) is 4.74 Å². The van der Waals surface area contributed by atoms with Crippen LogP contribution in [0.3, 0.4) is 0 Å². The van der Waals surface area contributed by atoms with Gasteiger partial charge in [0.2, 0.25) is 15.7 Å². The average molecular weight is 576 g/mol. The molecule has 4 rings (SSSR count). The molecular formula is C31H33N3O6S. The molecule has 1 heterocycles. The highest BCUT2D eigenvalue weighted by Gasteiger charge is 2.32. The van der Waals surface area contributed by atoms with Gasteiger partial charge in [0.25, 0.3) is 11.5 Å². The molecule has 0 fully saturated rings. The summed E-state index contributed by atoms with van der Waals surface area (Å²) in [5, 5.41) is 13.4. The van der Waals surface area contributed by atoms with Crippen molar-refractivity contribution in [3.63, 3.8) is 0 Å². The van der Waals surface area contributed by atoms with Gasteiger partial charge in [-0.05, 0) is 55.2 Å². The monoisotopic (exact) mass is 575 g/mol. The summed E-state index contributed by atoms with van der Waals surface area (Å²) < 4.78 is 34.6. The summed E-state index contributed by atoms with van der Waals surface area (Å²) in [6, 6.07) is 21.4. The summed E-state index contributed by atoms with van der Waals surface area (Å²) in [6.07, 6.45) is 0.277. The molecule has 0 aliphatic carbocycles. The summed E-state index contributed by atoms with van der Waals surface area (Å²) >= 11 is 0. The minimum Gasteiger partial charge on any atom is -0.492 e. The van der Waals surface area contributed by atoms with Crippen molar-refractivity contribution in [3.8, 4) is 17.0 Å². The highest BCUT2D eigenvalue weighted by Crippen LogP contribution is 2.30. The molecule has 1 amide bonds. The number of aromatic nitrogens is 2. The molecule has 1 unspecified atom stereocenters. The molecule has 0 bridgehead atoms. The quantitative estimate of drug-likeness (QED) is 0.280. The van der Waals surface area contributed by atoms with Crippen LogP contribution >= 0.6 is 0 Å². The second-order valence-corrected chi connectivity index (χ2v) is 11.6. The molecule has 0 spiro atoms. The van der Waals surface area contributed by atoms with E-state index in [1.54, 1.807) is 36.4 Å². The van der Waals surface area contributed by atoms with Crippen LogP contribution in [0.2, 0.25) is 0 Å². The Balaban J connectivity index is 1.85. The molecule has 4 aromatic rings. The Bertz CT molecular complexity index is 1700. The van der Waals surface area contributed by atoms with Crippen LogP contribution in [0.5, 0.6) is 5.88 Å². The van der Waals surface area contributed by atoms with Gasteiger partial charge in [-0.25, -0.2) is 8.42 Å². The largest absolute Gasteiger partial charge is 0.492 e. The lowest BCUT2D eigenvalue weighted by Crippen LogP contribution is -2.34. The number of rotatable bonds is 10. The van der Waals surface area contributed by atoms with Crippen molar-refractivity contribution >= 4 is 15.7 Å². The zero-order chi connectivity index (χ0) is 29.7. The molecule has 10 heteroatoms. The van der Waals surface area contributed by atoms with Gasteiger partial charge in [0.1, 0.15) is 12.4 Å². The smallest absolute Gasteiger partial charge is 0.277 e. The van der Waals surface area contributed by atoms with Crippen molar-refractivity contribution in [1.82, 2.24) is 14.9 Å². The molecule has 1 aromatic heterocycles. The van der Waals surface area contributed by atoms with Gasteiger partial charge >= 0.3 is 0 Å². The van der Waals surface area contributed by atoms with Crippen LogP contribution in [0.15, 0.2) is 93.4 Å². The Kier molecular flexibility index (Phi) is 9.05. The molecule has 0 saturated heterocycles. The van der Waals surface area contributed by atoms with Crippen molar-refractivity contribution in [2.24, 2.45) is 0 Å². The van der Waals surface area contributed by atoms with E-state index in [1.807, 2.05) is 51.1 Å². The van der Waals surface area contributed by atoms with E-state index in [0.29, 0.717) is 23.1 Å². The van der Waals surface area contributed by atoms with Gasteiger partial charge in [-0.15, -0.1) is 0 Å². The zero-order valence-corrected chi connectivity index (χ0v) is 24.2. The van der Waals surface area contributed by atoms with Crippen molar-refractivity contribution in [2.45, 2.75) is 55.7 Å². The second kappa shape index (κ2) is 12.5. The van der Waals surface area contributed by atoms with Crippen LogP contribution < -0.4 is 10.9 Å². The lowest BCUT2D eigenvalue weighted by molar-refractivity contribution is 0.0573. The van der Waals surface area contributed by atoms with E-state index < -0.39 is 32.2 Å². The SMILES string of the molecule is CCC(c1ccccc1)n1c(COC(C)C)nc(O)c(S(=O)(=O)c2ccc(-c3ccccc3C(=O)NC)cc2)c1=O. The third kappa shape index (κ3) is 6.08. The number of nitrogens with zero attached hydrogens (tertiary/aromatic N) is 2. The zero-order valence-electron chi connectivity index (χ0n) is 23.4. The number of carbonyl (C=O) groups is 1. The number of hydrogen-bond acceptors (Lipinski definition) is 7. The Morgan fingerprint density at radius 3 is 2.24 bits per heavy atom. The molecule has 0 aliphatic heterocycles. The highest BCUT2D eigenvalue weighted by atomic mass is 32.2. The lowest BCUT2D eigenvalue weighted by Gasteiger charge is -2.23. The minimum atomic E-state index is -4.49. The number of amides is 1. The Morgan fingerprint density at radius 2 is 1.63 bits per heavy atom. The predicted molar refractivity (Wildman–Crippen MR) is 156 cm³/mol. The highest BCUT2D eigenvalue weighted by molar-refractivity contribution is 7.91. The van der Waals surface area contributed by atoms with E-state index in [9.17, 15) is 23.1 Å². The molecule has 1 atom stereocenters. The third-order valence-electron chi connectivity index (χ3n) is 6.70. The van der Waals surface area contributed by atoms with E-state index in [1.165, 1.54) is 23.7 Å². The normalized spacial score (nSPS) is 12.3. The average Bonchev–Trinajstić information content (AvgIpc) is 2.97. The topological polar surface area (TPSA) is 128 Å². The van der Waals surface area contributed by atoms with Gasteiger partial charge in [-0.1, -0.05) is 67.6 Å². The third-order valence-corrected chi connectivity index (χ3v) is 8.49. The number of sulfone groups is 1. The van der Waals surface area contributed by atoms with Crippen molar-refractivity contribution in [2.75, 3.05) is 7.05 Å². The van der Waals surface area contributed by atoms with Crippen LogP contribution in [0, 0.1) is 0 Å². The van der Waals surface area contributed by atoms with Crippen molar-refractivity contribution < 1.29 is 23.1 Å². The van der Waals surface area contributed by atoms with Crippen LogP contribution in [0.25, 0.3) is 11.1 Å². The van der Waals surface area contributed by atoms with E-state index in [0.717, 1.165) is 5.56 Å². The van der Waals surface area contributed by atoms with Crippen LogP contribution in [0.1, 0.15) is 55.0 Å². The summed E-state index contributed by atoms with van der Waals surface area (Å²) in [6.45, 7) is 5.44. The van der Waals surface area contributed by atoms with Gasteiger partial charge in [-0.3, -0.25) is 14.2 Å². The summed E-state index contributed by atoms with van der Waals surface area (Å²) in [5.41, 5.74) is 1.56. The summed E-state index contributed by atoms with van der Waals surface area (Å²) in [5.74, 6) is -1.04. The number of carbonyl (C=O) groups excluding carboxylic acids is 1. The molecule has 0 radical (unpaired) electrons. The Labute approximate surface area is 239 Å². The first-order valence-corrected chi connectivity index (χ1v) is 14.8. The summed E-state index contributed by atoms with van der Waals surface area (Å²) in [7, 11) is -2.96. The fourth-order valence-electron chi connectivity index (χ4n) is 4.69. The molecule has 214 valence electrons. The maximum absolute atomic E-state index is 14.0. The van der Waals surface area contributed by atoms with E-state index >= 15 is 0 Å². The molecular weight excluding hydrogens is 542 g/mol. The second-order valence-electron chi connectivity index (χ2n) is 9.70. The van der Waals surface area contributed by atoms with Crippen LogP contribution in [0.4, 0.5) is 0 Å². The number of benzene rings is 3. The molecule has 3 aromatic carbocycles. The first kappa shape index (κ1) is 29.7. The predicted octanol–water partition coefficient (Wildman–Crippen LogP) is 4.73. The van der Waals surface area contributed by atoms with E-state index in [2.05, 4.69) is 10.3 Å². The van der Waals surface area contributed by atoms with Gasteiger partial charge in [0, 0.05) is 12.6 Å². The van der Waals surface area contributed by atoms with Crippen LogP contribution in [-0.2, 0) is 21.2 Å². The molecule has 41 heavy (non-hydrogen) atoms. The van der Waals surface area contributed by atoms with Crippen molar-refractivity contribution in [1.29, 1.82) is 0 Å². The van der Waals surface area contributed by atoms with Gasteiger partial charge < -0.3 is 15.2 Å². The maximum Gasteiger partial charge on any atom is 0.277 e. The maximum atomic E-state index is 14.0. The minimum absolute atomic E-state index is 0.0937. The van der Waals surface area contributed by atoms with Gasteiger partial charge in [0.15, 0.2) is 4.90 Å². The summed E-state index contributed by atoms with van der Waals surface area (Å²) in [4.78, 5) is 29.5. The van der Waals surface area contributed by atoms with Crippen molar-refractivity contribution in [3.05, 3.63) is 106 Å². The standard InChI is InChI=1S/C31H33N3O6S/c1-5-26(22-11-7-6-8-12-22)34-27(19-40-20(2)3)33-30(36)28(31(34)37)41(38,39)23-17-15-21(16-18-23)24-13-9-10-14-25(24)29(35)32-4/h6-18,20,26,36H,5,19H2,1-4H3,(H,32,35). The number of aromatic hydroxyl groups is 1. The number of nitrogens with one attached hydrogen (secondary N) is 1. The van der Waals surface area contributed by atoms with Crippen LogP contribution in [-0.4, -0.2) is 42.1 Å². The molecule has 9 nitrogen and oxygen atoms in total. The molecule has 2 N–H and O–H groups in total. The Hall–Kier alpha value is -4.28. The fraction of sp³-hybridized carbons (Fsp3) is 0.258.